The van der Waals surface area contributed by atoms with Crippen LogP contribution < -0.4 is 10.9 Å². The predicted octanol–water partition coefficient (Wildman–Crippen LogP) is 1.55. The maximum atomic E-state index is 12.6. The lowest BCUT2D eigenvalue weighted by Crippen LogP contribution is -2.40. The third kappa shape index (κ3) is 3.36. The number of amides is 1. The molecule has 3 heterocycles. The van der Waals surface area contributed by atoms with Gasteiger partial charge in [0.25, 0.3) is 5.56 Å². The first-order valence-corrected chi connectivity index (χ1v) is 8.98. The molecule has 1 aliphatic heterocycles. The van der Waals surface area contributed by atoms with Crippen molar-refractivity contribution in [2.75, 3.05) is 5.75 Å². The number of thioether (sulfide) groups is 1. The highest BCUT2D eigenvalue weighted by molar-refractivity contribution is 7.99. The molecule has 0 saturated heterocycles. The maximum absolute atomic E-state index is 12.6. The Morgan fingerprint density at radius 1 is 1.50 bits per heavy atom. The molecule has 0 saturated carbocycles. The van der Waals surface area contributed by atoms with E-state index in [1.165, 1.54) is 11.8 Å². The fraction of sp³-hybridized carbons (Fsp3) is 0.412. The van der Waals surface area contributed by atoms with Crippen LogP contribution >= 0.6 is 11.8 Å². The second-order valence-corrected chi connectivity index (χ2v) is 6.80. The van der Waals surface area contributed by atoms with Crippen molar-refractivity contribution in [2.24, 2.45) is 5.92 Å². The van der Waals surface area contributed by atoms with Crippen LogP contribution in [0.1, 0.15) is 23.7 Å². The number of pyridine rings is 1. The molecule has 0 bridgehead atoms. The van der Waals surface area contributed by atoms with E-state index >= 15 is 0 Å². The Morgan fingerprint density at radius 2 is 2.33 bits per heavy atom. The maximum Gasteiger partial charge on any atom is 0.257 e. The number of nitrogens with one attached hydrogen (secondary N) is 1. The van der Waals surface area contributed by atoms with Crippen LogP contribution in [0.25, 0.3) is 0 Å². The van der Waals surface area contributed by atoms with Crippen LogP contribution in [0.15, 0.2) is 34.5 Å². The zero-order chi connectivity index (χ0) is 17.1. The van der Waals surface area contributed by atoms with Crippen molar-refractivity contribution >= 4 is 17.7 Å². The van der Waals surface area contributed by atoms with Gasteiger partial charge in [0.05, 0.1) is 5.92 Å². The van der Waals surface area contributed by atoms with E-state index in [0.29, 0.717) is 30.4 Å². The predicted molar refractivity (Wildman–Crippen MR) is 92.9 cm³/mol. The molecule has 3 rings (SSSR count). The molecule has 7 heteroatoms. The Balaban J connectivity index is 1.72. The summed E-state index contributed by atoms with van der Waals surface area (Å²) in [7, 11) is 0. The second-order valence-electron chi connectivity index (χ2n) is 5.81. The molecule has 0 radical (unpaired) electrons. The smallest absolute Gasteiger partial charge is 0.257 e. The molecule has 126 valence electrons. The highest BCUT2D eigenvalue weighted by atomic mass is 32.2. The lowest BCUT2D eigenvalue weighted by molar-refractivity contribution is -0.125. The zero-order valence-corrected chi connectivity index (χ0v) is 14.6. The van der Waals surface area contributed by atoms with Crippen LogP contribution in [0.2, 0.25) is 0 Å². The number of rotatable bonds is 4. The standard InChI is InChI=1S/C17H20N4O2S/c1-3-14-11(2)20-17-21(16(14)23)9-13(10-24-17)15(22)19-8-12-5-4-6-18-7-12/h4-7,13H,3,8-10H2,1-2H3,(H,19,22). The van der Waals surface area contributed by atoms with Gasteiger partial charge >= 0.3 is 0 Å². The summed E-state index contributed by atoms with van der Waals surface area (Å²) in [4.78, 5) is 33.6. The molecule has 1 N–H and O–H groups in total. The zero-order valence-electron chi connectivity index (χ0n) is 13.8. The van der Waals surface area contributed by atoms with E-state index < -0.39 is 0 Å². The van der Waals surface area contributed by atoms with E-state index in [0.717, 1.165) is 16.8 Å². The third-order valence-corrected chi connectivity index (χ3v) is 5.30. The number of hydrogen-bond donors (Lipinski definition) is 1. The van der Waals surface area contributed by atoms with E-state index in [1.54, 1.807) is 17.0 Å². The summed E-state index contributed by atoms with van der Waals surface area (Å²) in [6, 6.07) is 3.76. The number of carbonyl (C=O) groups excluding carboxylic acids is 1. The van der Waals surface area contributed by atoms with Crippen molar-refractivity contribution in [3.05, 3.63) is 51.7 Å². The number of carbonyl (C=O) groups is 1. The summed E-state index contributed by atoms with van der Waals surface area (Å²) >= 11 is 1.47. The number of aryl methyl sites for hydroxylation is 1. The average molecular weight is 344 g/mol. The van der Waals surface area contributed by atoms with Crippen molar-refractivity contribution < 1.29 is 4.79 Å². The number of hydrogen-bond acceptors (Lipinski definition) is 5. The van der Waals surface area contributed by atoms with Crippen molar-refractivity contribution in [3.63, 3.8) is 0 Å². The van der Waals surface area contributed by atoms with E-state index in [-0.39, 0.29) is 17.4 Å². The summed E-state index contributed by atoms with van der Waals surface area (Å²) in [6.45, 7) is 4.66. The Morgan fingerprint density at radius 3 is 3.04 bits per heavy atom. The highest BCUT2D eigenvalue weighted by Gasteiger charge is 2.27. The SMILES string of the molecule is CCc1c(C)nc2n(c1=O)CC(C(=O)NCc1cccnc1)CS2. The van der Waals surface area contributed by atoms with Gasteiger partial charge in [0.15, 0.2) is 5.16 Å². The van der Waals surface area contributed by atoms with Gasteiger partial charge < -0.3 is 5.32 Å². The summed E-state index contributed by atoms with van der Waals surface area (Å²) < 4.78 is 1.65. The normalized spacial score (nSPS) is 16.5. The Kier molecular flexibility index (Phi) is 4.99. The summed E-state index contributed by atoms with van der Waals surface area (Å²) in [5.74, 6) is 0.365. The summed E-state index contributed by atoms with van der Waals surface area (Å²) in [5, 5.41) is 3.64. The van der Waals surface area contributed by atoms with Gasteiger partial charge in [-0.2, -0.15) is 0 Å². The molecule has 6 nitrogen and oxygen atoms in total. The molecule has 1 aliphatic rings. The largest absolute Gasteiger partial charge is 0.352 e. The van der Waals surface area contributed by atoms with Crippen LogP contribution in [0.5, 0.6) is 0 Å². The molecular weight excluding hydrogens is 324 g/mol. The molecule has 2 aromatic rings. The molecule has 0 fully saturated rings. The van der Waals surface area contributed by atoms with Crippen molar-refractivity contribution in [3.8, 4) is 0 Å². The quantitative estimate of drug-likeness (QED) is 0.852. The van der Waals surface area contributed by atoms with E-state index in [1.807, 2.05) is 26.0 Å². The Labute approximate surface area is 144 Å². The van der Waals surface area contributed by atoms with E-state index in [9.17, 15) is 9.59 Å². The van der Waals surface area contributed by atoms with Gasteiger partial charge in [-0.1, -0.05) is 24.8 Å². The highest BCUT2D eigenvalue weighted by Crippen LogP contribution is 2.26. The number of aromatic nitrogens is 3. The van der Waals surface area contributed by atoms with Gasteiger partial charge in [0.2, 0.25) is 5.91 Å². The van der Waals surface area contributed by atoms with E-state index in [4.69, 9.17) is 0 Å². The summed E-state index contributed by atoms with van der Waals surface area (Å²) in [5.41, 5.74) is 2.46. The Bertz CT molecular complexity index is 804. The molecular formula is C17H20N4O2S. The van der Waals surface area contributed by atoms with Crippen LogP contribution in [0.3, 0.4) is 0 Å². The average Bonchev–Trinajstić information content (AvgIpc) is 2.60. The first-order chi connectivity index (χ1) is 11.6. The van der Waals surface area contributed by atoms with Crippen molar-refractivity contribution in [1.29, 1.82) is 0 Å². The number of fused-ring (bicyclic) bond motifs is 1. The molecule has 0 aromatic carbocycles. The molecule has 2 aromatic heterocycles. The number of nitrogens with zero attached hydrogens (tertiary/aromatic N) is 3. The molecule has 24 heavy (non-hydrogen) atoms. The molecule has 1 amide bonds. The van der Waals surface area contributed by atoms with Crippen LogP contribution in [0, 0.1) is 12.8 Å². The third-order valence-electron chi connectivity index (χ3n) is 4.16. The fourth-order valence-corrected chi connectivity index (χ4v) is 3.92. The minimum atomic E-state index is -0.230. The molecule has 0 spiro atoms. The lowest BCUT2D eigenvalue weighted by atomic mass is 10.1. The van der Waals surface area contributed by atoms with Gasteiger partial charge in [0.1, 0.15) is 0 Å². The second kappa shape index (κ2) is 7.17. The first-order valence-electron chi connectivity index (χ1n) is 8.00. The fourth-order valence-electron chi connectivity index (χ4n) is 2.80. The lowest BCUT2D eigenvalue weighted by Gasteiger charge is -2.25. The molecule has 1 unspecified atom stereocenters. The Hall–Kier alpha value is -2.15. The molecule has 1 atom stereocenters. The van der Waals surface area contributed by atoms with Crippen LogP contribution in [0.4, 0.5) is 0 Å². The minimum absolute atomic E-state index is 0.0164. The van der Waals surface area contributed by atoms with Crippen LogP contribution in [-0.2, 0) is 24.3 Å². The van der Waals surface area contributed by atoms with Gasteiger partial charge in [-0.05, 0) is 25.0 Å². The first kappa shape index (κ1) is 16.7. The minimum Gasteiger partial charge on any atom is -0.352 e. The van der Waals surface area contributed by atoms with Gasteiger partial charge in [-0.3, -0.25) is 19.1 Å². The van der Waals surface area contributed by atoms with Gasteiger partial charge in [-0.25, -0.2) is 4.98 Å². The van der Waals surface area contributed by atoms with Crippen molar-refractivity contribution in [1.82, 2.24) is 19.9 Å². The van der Waals surface area contributed by atoms with E-state index in [2.05, 4.69) is 15.3 Å². The monoisotopic (exact) mass is 344 g/mol. The van der Waals surface area contributed by atoms with Gasteiger partial charge in [0, 0.05) is 42.5 Å². The van der Waals surface area contributed by atoms with Gasteiger partial charge in [-0.15, -0.1) is 0 Å². The van der Waals surface area contributed by atoms with Crippen LogP contribution in [-0.4, -0.2) is 26.2 Å². The topological polar surface area (TPSA) is 76.9 Å². The summed E-state index contributed by atoms with van der Waals surface area (Å²) in [6.07, 6.45) is 4.09. The van der Waals surface area contributed by atoms with Crippen molar-refractivity contribution in [2.45, 2.75) is 38.5 Å². The molecule has 0 aliphatic carbocycles.